The van der Waals surface area contributed by atoms with Crippen LogP contribution in [-0.4, -0.2) is 36.5 Å². The topological polar surface area (TPSA) is 59.1 Å². The third-order valence-corrected chi connectivity index (χ3v) is 10.7. The smallest absolute Gasteiger partial charge is 0.416 e. The Kier molecular flexibility index (Phi) is 12.3. The van der Waals surface area contributed by atoms with Gasteiger partial charge < -0.3 is 9.47 Å². The summed E-state index contributed by atoms with van der Waals surface area (Å²) < 4.78 is 87.9. The van der Waals surface area contributed by atoms with Gasteiger partial charge in [0, 0.05) is 11.4 Å². The molecule has 2 aromatic carbocycles. The molecule has 6 atom stereocenters. The van der Waals surface area contributed by atoms with Crippen molar-refractivity contribution in [3.63, 3.8) is 0 Å². The fraction of sp³-hybridized carbons (Fsp3) is 0.632. The van der Waals surface area contributed by atoms with Crippen molar-refractivity contribution in [2.45, 2.75) is 140 Å². The number of unbranched alkanes of at least 4 members (excludes halogenated alkanes) is 2. The van der Waals surface area contributed by atoms with Crippen molar-refractivity contribution < 1.29 is 45.4 Å². The summed E-state index contributed by atoms with van der Waals surface area (Å²) in [6.45, 7) is 4.27. The van der Waals surface area contributed by atoms with Crippen LogP contribution in [0.1, 0.15) is 115 Å². The maximum atomic E-state index is 12.8. The largest absolute Gasteiger partial charge is 0.444 e. The van der Waals surface area contributed by atoms with Crippen molar-refractivity contribution in [3.8, 4) is 0 Å². The molecule has 0 bridgehead atoms. The van der Waals surface area contributed by atoms with Crippen molar-refractivity contribution in [1.29, 1.82) is 0 Å². The number of hydrogen-bond donors (Lipinski definition) is 0. The molecule has 0 N–H and O–H groups in total. The van der Waals surface area contributed by atoms with Gasteiger partial charge in [-0.15, -0.1) is 0 Å². The number of alkyl halides is 6. The molecule has 2 heterocycles. The second-order valence-electron chi connectivity index (χ2n) is 14.0. The minimum atomic E-state index is -4.38. The summed E-state index contributed by atoms with van der Waals surface area (Å²) in [4.78, 5) is 28.1. The van der Waals surface area contributed by atoms with Crippen LogP contribution in [0.25, 0.3) is 0 Å². The summed E-state index contributed by atoms with van der Waals surface area (Å²) in [5, 5.41) is 0. The highest BCUT2D eigenvalue weighted by atomic mass is 19.4. The lowest BCUT2D eigenvalue weighted by Gasteiger charge is -2.30. The Hall–Kier alpha value is -3.44. The number of anilines is 2. The summed E-state index contributed by atoms with van der Waals surface area (Å²) in [6.07, 6.45) is 4.46. The molecule has 276 valence electrons. The molecule has 2 saturated carbocycles. The quantitative estimate of drug-likeness (QED) is 0.256. The van der Waals surface area contributed by atoms with Crippen molar-refractivity contribution >= 4 is 23.6 Å². The van der Waals surface area contributed by atoms with Crippen LogP contribution in [0, 0.1) is 11.8 Å². The molecule has 2 aromatic rings. The molecule has 2 aliphatic heterocycles. The average Bonchev–Trinajstić information content (AvgIpc) is 3.41. The molecule has 0 radical (unpaired) electrons. The number of halogens is 6. The van der Waals surface area contributed by atoms with Crippen LogP contribution in [0.4, 0.5) is 47.3 Å². The number of nitrogens with zero attached hydrogens (tertiary/aromatic N) is 2. The molecule has 2 aliphatic carbocycles. The van der Waals surface area contributed by atoms with E-state index >= 15 is 0 Å². The monoisotopic (exact) mass is 710 g/mol. The Morgan fingerprint density at radius 3 is 1.24 bits per heavy atom. The molecule has 0 unspecified atom stereocenters. The fourth-order valence-electron chi connectivity index (χ4n) is 8.16. The standard InChI is InChI=1S/2C19H24F3NO2/c2*1-2-3-6-13-7-4-5-8-16-17(13)23(18(24)25-16)15-11-9-14(10-12-15)19(20,21)22/h2*9-13,16-17H,2-8H2,1H3/t2*13-,16-,17-/m10/s1. The van der Waals surface area contributed by atoms with Crippen LogP contribution >= 0.6 is 0 Å². The summed E-state index contributed by atoms with van der Waals surface area (Å²) in [6, 6.07) is 9.53. The van der Waals surface area contributed by atoms with Gasteiger partial charge in [-0.1, -0.05) is 52.4 Å². The molecule has 2 amide bonds. The lowest BCUT2D eigenvalue weighted by atomic mass is 9.87. The number of carbonyl (C=O) groups is 2. The molecule has 12 heteroatoms. The third kappa shape index (κ3) is 8.70. The van der Waals surface area contributed by atoms with E-state index in [0.717, 1.165) is 114 Å². The molecule has 50 heavy (non-hydrogen) atoms. The van der Waals surface area contributed by atoms with Gasteiger partial charge in [-0.2, -0.15) is 26.3 Å². The highest BCUT2D eigenvalue weighted by molar-refractivity contribution is 5.91. The van der Waals surface area contributed by atoms with Crippen molar-refractivity contribution in [1.82, 2.24) is 0 Å². The van der Waals surface area contributed by atoms with Crippen LogP contribution in [0.3, 0.4) is 0 Å². The van der Waals surface area contributed by atoms with E-state index in [1.54, 1.807) is 9.80 Å². The van der Waals surface area contributed by atoms with Crippen LogP contribution in [0.5, 0.6) is 0 Å². The number of hydrogen-bond acceptors (Lipinski definition) is 4. The molecule has 6 nitrogen and oxygen atoms in total. The predicted molar refractivity (Wildman–Crippen MR) is 179 cm³/mol. The van der Waals surface area contributed by atoms with Crippen LogP contribution in [0.2, 0.25) is 0 Å². The van der Waals surface area contributed by atoms with E-state index in [9.17, 15) is 35.9 Å². The van der Waals surface area contributed by atoms with Crippen LogP contribution in [0.15, 0.2) is 48.5 Å². The maximum Gasteiger partial charge on any atom is 0.416 e. The number of carbonyl (C=O) groups excluding carboxylic acids is 2. The number of fused-ring (bicyclic) bond motifs is 2. The molecule has 6 rings (SSSR count). The van der Waals surface area contributed by atoms with Crippen LogP contribution < -0.4 is 9.80 Å². The minimum Gasteiger partial charge on any atom is -0.444 e. The first-order chi connectivity index (χ1) is 23.8. The van der Waals surface area contributed by atoms with E-state index in [-0.39, 0.29) is 24.3 Å². The van der Waals surface area contributed by atoms with Gasteiger partial charge in [0.05, 0.1) is 23.2 Å². The first kappa shape index (κ1) is 37.8. The Morgan fingerprint density at radius 1 is 0.580 bits per heavy atom. The van der Waals surface area contributed by atoms with Crippen molar-refractivity contribution in [2.24, 2.45) is 11.8 Å². The summed E-state index contributed by atoms with van der Waals surface area (Å²) in [5.41, 5.74) is -0.421. The van der Waals surface area contributed by atoms with Crippen molar-refractivity contribution in [2.75, 3.05) is 9.80 Å². The first-order valence-corrected chi connectivity index (χ1v) is 18.2. The molecule has 4 fully saturated rings. The normalized spacial score (nSPS) is 27.0. The molecule has 4 aliphatic rings. The Morgan fingerprint density at radius 2 is 0.920 bits per heavy atom. The molecule has 2 saturated heterocycles. The van der Waals surface area contributed by atoms with Crippen molar-refractivity contribution in [3.05, 3.63) is 59.7 Å². The fourth-order valence-corrected chi connectivity index (χ4v) is 8.16. The van der Waals surface area contributed by atoms with Gasteiger partial charge in [0.1, 0.15) is 12.2 Å². The van der Waals surface area contributed by atoms with Gasteiger partial charge in [-0.3, -0.25) is 9.80 Å². The van der Waals surface area contributed by atoms with E-state index < -0.39 is 35.7 Å². The Labute approximate surface area is 290 Å². The second kappa shape index (κ2) is 16.3. The van der Waals surface area contributed by atoms with Crippen LogP contribution in [-0.2, 0) is 21.8 Å². The lowest BCUT2D eigenvalue weighted by molar-refractivity contribution is -0.138. The molecular formula is C38H48F6N2O4. The number of ether oxygens (including phenoxy) is 2. The van der Waals surface area contributed by atoms with Gasteiger partial charge in [-0.25, -0.2) is 9.59 Å². The Bertz CT molecular complexity index is 1310. The highest BCUT2D eigenvalue weighted by Crippen LogP contribution is 2.42. The molecular weight excluding hydrogens is 662 g/mol. The molecule has 0 spiro atoms. The van der Waals surface area contributed by atoms with Gasteiger partial charge >= 0.3 is 24.5 Å². The summed E-state index contributed by atoms with van der Waals surface area (Å²) >= 11 is 0. The van der Waals surface area contributed by atoms with E-state index in [2.05, 4.69) is 13.8 Å². The maximum absolute atomic E-state index is 12.8. The zero-order valence-corrected chi connectivity index (χ0v) is 28.8. The summed E-state index contributed by atoms with van der Waals surface area (Å²) in [5.74, 6) is 0.669. The first-order valence-electron chi connectivity index (χ1n) is 18.2. The lowest BCUT2D eigenvalue weighted by Crippen LogP contribution is -2.42. The van der Waals surface area contributed by atoms with E-state index in [1.165, 1.54) is 24.3 Å². The van der Waals surface area contributed by atoms with Gasteiger partial charge in [0.2, 0.25) is 0 Å². The van der Waals surface area contributed by atoms with E-state index in [4.69, 9.17) is 9.47 Å². The third-order valence-electron chi connectivity index (χ3n) is 10.7. The number of amides is 2. The molecule has 0 aromatic heterocycles. The number of benzene rings is 2. The van der Waals surface area contributed by atoms with E-state index in [1.807, 2.05) is 0 Å². The SMILES string of the molecule is CCCC[C@@H]1CCCC[C@H]2OC(=O)N(c3ccc(C(F)(F)F)cc3)[C@H]12.CCCC[C@H]1CCCC[C@@H]2OC(=O)N(c3ccc(C(F)(F)F)cc3)[C@@H]12. The zero-order valence-electron chi connectivity index (χ0n) is 28.8. The van der Waals surface area contributed by atoms with E-state index in [0.29, 0.717) is 23.2 Å². The van der Waals surface area contributed by atoms with Gasteiger partial charge in [0.15, 0.2) is 0 Å². The second-order valence-corrected chi connectivity index (χ2v) is 14.0. The summed E-state index contributed by atoms with van der Waals surface area (Å²) in [7, 11) is 0. The predicted octanol–water partition coefficient (Wildman–Crippen LogP) is 11.6. The minimum absolute atomic E-state index is 0.0710. The number of rotatable bonds is 8. The van der Waals surface area contributed by atoms with Gasteiger partial charge in [0.25, 0.3) is 0 Å². The highest BCUT2D eigenvalue weighted by Gasteiger charge is 2.48. The average molecular weight is 711 g/mol. The zero-order chi connectivity index (χ0) is 36.1. The van der Waals surface area contributed by atoms with Gasteiger partial charge in [-0.05, 0) is 112 Å². The Balaban J connectivity index is 0.000000194.